The number of nitrogens with zero attached hydrogens (tertiary/aromatic N) is 1. The first-order valence-electron chi connectivity index (χ1n) is 7.45. The summed E-state index contributed by atoms with van der Waals surface area (Å²) in [7, 11) is 1.73. The first-order valence-corrected chi connectivity index (χ1v) is 8.24. The maximum absolute atomic E-state index is 5.41. The van der Waals surface area contributed by atoms with E-state index in [9.17, 15) is 0 Å². The molecule has 0 saturated carbocycles. The van der Waals surface area contributed by atoms with Gasteiger partial charge < -0.3 is 10.1 Å². The highest BCUT2D eigenvalue weighted by molar-refractivity contribution is 9.10. The molecule has 2 atom stereocenters. The van der Waals surface area contributed by atoms with Gasteiger partial charge in [0.15, 0.2) is 0 Å². The average Bonchev–Trinajstić information content (AvgIpc) is 2.50. The molecule has 0 aliphatic carbocycles. The van der Waals surface area contributed by atoms with Crippen molar-refractivity contribution in [3.8, 4) is 5.75 Å². The smallest absolute Gasteiger partial charge is 0.119 e. The summed E-state index contributed by atoms with van der Waals surface area (Å²) in [6, 6.07) is 6.75. The molecule has 4 heteroatoms. The Bertz CT molecular complexity index is 432. The minimum Gasteiger partial charge on any atom is -0.497 e. The Morgan fingerprint density at radius 2 is 2.05 bits per heavy atom. The third-order valence-corrected chi connectivity index (χ3v) is 4.97. The van der Waals surface area contributed by atoms with E-state index < -0.39 is 0 Å². The summed E-state index contributed by atoms with van der Waals surface area (Å²) in [6.45, 7) is 8.99. The fourth-order valence-corrected chi connectivity index (χ4v) is 3.40. The molecule has 1 N–H and O–H groups in total. The SMILES string of the molecule is CCC(C)[C@H](c1cc(OC)ccc1Br)N1CCNCC1. The Morgan fingerprint density at radius 3 is 2.65 bits per heavy atom. The third-order valence-electron chi connectivity index (χ3n) is 4.25. The molecule has 1 aliphatic rings. The van der Waals surface area contributed by atoms with Gasteiger partial charge in [0.1, 0.15) is 5.75 Å². The summed E-state index contributed by atoms with van der Waals surface area (Å²) in [5.74, 6) is 1.56. The molecule has 112 valence electrons. The van der Waals surface area contributed by atoms with Gasteiger partial charge in [0.25, 0.3) is 0 Å². The van der Waals surface area contributed by atoms with Crippen molar-refractivity contribution in [3.05, 3.63) is 28.2 Å². The monoisotopic (exact) mass is 340 g/mol. The normalized spacial score (nSPS) is 19.6. The van der Waals surface area contributed by atoms with Crippen molar-refractivity contribution in [1.82, 2.24) is 10.2 Å². The van der Waals surface area contributed by atoms with Gasteiger partial charge in [0.05, 0.1) is 7.11 Å². The maximum Gasteiger partial charge on any atom is 0.119 e. The molecule has 2 rings (SSSR count). The van der Waals surface area contributed by atoms with Crippen molar-refractivity contribution in [2.75, 3.05) is 33.3 Å². The van der Waals surface area contributed by atoms with Crippen molar-refractivity contribution in [2.45, 2.75) is 26.3 Å². The summed E-state index contributed by atoms with van der Waals surface area (Å²) < 4.78 is 6.59. The van der Waals surface area contributed by atoms with Crippen LogP contribution >= 0.6 is 15.9 Å². The molecule has 0 radical (unpaired) electrons. The number of ether oxygens (including phenoxy) is 1. The number of nitrogens with one attached hydrogen (secondary N) is 1. The summed E-state index contributed by atoms with van der Waals surface area (Å²) >= 11 is 3.73. The van der Waals surface area contributed by atoms with Crippen molar-refractivity contribution >= 4 is 15.9 Å². The summed E-state index contributed by atoms with van der Waals surface area (Å²) in [5, 5.41) is 3.44. The Hall–Kier alpha value is -0.580. The largest absolute Gasteiger partial charge is 0.497 e. The molecule has 3 nitrogen and oxygen atoms in total. The van der Waals surface area contributed by atoms with Crippen molar-refractivity contribution < 1.29 is 4.74 Å². The lowest BCUT2D eigenvalue weighted by Gasteiger charge is -2.39. The van der Waals surface area contributed by atoms with Crippen LogP contribution in [0.3, 0.4) is 0 Å². The molecule has 1 aromatic rings. The average molecular weight is 341 g/mol. The van der Waals surface area contributed by atoms with E-state index >= 15 is 0 Å². The van der Waals surface area contributed by atoms with E-state index in [0.29, 0.717) is 12.0 Å². The summed E-state index contributed by atoms with van der Waals surface area (Å²) in [5.41, 5.74) is 1.35. The second-order valence-electron chi connectivity index (χ2n) is 5.50. The first kappa shape index (κ1) is 15.8. The number of halogens is 1. The van der Waals surface area contributed by atoms with E-state index in [-0.39, 0.29) is 0 Å². The third kappa shape index (κ3) is 3.54. The van der Waals surface area contributed by atoms with E-state index in [2.05, 4.69) is 52.1 Å². The van der Waals surface area contributed by atoms with Gasteiger partial charge in [-0.2, -0.15) is 0 Å². The highest BCUT2D eigenvalue weighted by Gasteiger charge is 2.28. The molecule has 0 aromatic heterocycles. The van der Waals surface area contributed by atoms with Crippen LogP contribution in [-0.4, -0.2) is 38.2 Å². The highest BCUT2D eigenvalue weighted by atomic mass is 79.9. The van der Waals surface area contributed by atoms with E-state index in [4.69, 9.17) is 4.74 Å². The zero-order valence-electron chi connectivity index (χ0n) is 12.7. The Labute approximate surface area is 130 Å². The maximum atomic E-state index is 5.41. The molecule has 1 unspecified atom stereocenters. The fraction of sp³-hybridized carbons (Fsp3) is 0.625. The van der Waals surface area contributed by atoms with Gasteiger partial charge in [-0.25, -0.2) is 0 Å². The number of hydrogen-bond acceptors (Lipinski definition) is 3. The van der Waals surface area contributed by atoms with Gasteiger partial charge >= 0.3 is 0 Å². The molecule has 20 heavy (non-hydrogen) atoms. The minimum atomic E-state index is 0.451. The number of hydrogen-bond donors (Lipinski definition) is 1. The quantitative estimate of drug-likeness (QED) is 0.888. The van der Waals surface area contributed by atoms with Crippen LogP contribution in [0.5, 0.6) is 5.75 Å². The Balaban J connectivity index is 2.34. The zero-order valence-corrected chi connectivity index (χ0v) is 14.2. The number of piperazine rings is 1. The Kier molecular flexibility index (Phi) is 5.87. The van der Waals surface area contributed by atoms with Crippen LogP contribution in [-0.2, 0) is 0 Å². The molecule has 1 heterocycles. The topological polar surface area (TPSA) is 24.5 Å². The molecule has 1 aliphatic heterocycles. The first-order chi connectivity index (χ1) is 9.67. The second kappa shape index (κ2) is 7.43. The van der Waals surface area contributed by atoms with Gasteiger partial charge in [-0.3, -0.25) is 4.90 Å². The van der Waals surface area contributed by atoms with E-state index in [1.165, 1.54) is 16.5 Å². The van der Waals surface area contributed by atoms with Crippen LogP contribution in [0.15, 0.2) is 22.7 Å². The van der Waals surface area contributed by atoms with E-state index in [1.54, 1.807) is 7.11 Å². The Morgan fingerprint density at radius 1 is 1.35 bits per heavy atom. The molecule has 1 fully saturated rings. The number of rotatable bonds is 5. The van der Waals surface area contributed by atoms with Crippen LogP contribution in [0.25, 0.3) is 0 Å². The van der Waals surface area contributed by atoms with E-state index in [1.807, 2.05) is 6.07 Å². The lowest BCUT2D eigenvalue weighted by Crippen LogP contribution is -2.46. The van der Waals surface area contributed by atoms with Gasteiger partial charge in [-0.05, 0) is 29.7 Å². The van der Waals surface area contributed by atoms with Gasteiger partial charge in [-0.15, -0.1) is 0 Å². The predicted molar refractivity (Wildman–Crippen MR) is 87.3 cm³/mol. The highest BCUT2D eigenvalue weighted by Crippen LogP contribution is 2.37. The second-order valence-corrected chi connectivity index (χ2v) is 6.36. The number of methoxy groups -OCH3 is 1. The standard InChI is InChI=1S/C16H25BrN2O/c1-4-12(2)16(19-9-7-18-8-10-19)14-11-13(20-3)5-6-15(14)17/h5-6,11-12,16,18H,4,7-10H2,1-3H3/t12?,16-/m1/s1. The van der Waals surface area contributed by atoms with Crippen molar-refractivity contribution in [1.29, 1.82) is 0 Å². The molecular weight excluding hydrogens is 316 g/mol. The van der Waals surface area contributed by atoms with Crippen molar-refractivity contribution in [3.63, 3.8) is 0 Å². The van der Waals surface area contributed by atoms with Crippen LogP contribution < -0.4 is 10.1 Å². The molecule has 1 aromatic carbocycles. The van der Waals surface area contributed by atoms with Crippen molar-refractivity contribution in [2.24, 2.45) is 5.92 Å². The summed E-state index contributed by atoms with van der Waals surface area (Å²) in [6.07, 6.45) is 1.18. The van der Waals surface area contributed by atoms with Crippen LogP contribution in [0.2, 0.25) is 0 Å². The zero-order chi connectivity index (χ0) is 14.5. The minimum absolute atomic E-state index is 0.451. The molecule has 0 amide bonds. The number of benzene rings is 1. The van der Waals surface area contributed by atoms with E-state index in [0.717, 1.165) is 31.9 Å². The molecule has 0 bridgehead atoms. The van der Waals surface area contributed by atoms with Gasteiger partial charge in [-0.1, -0.05) is 36.2 Å². The lowest BCUT2D eigenvalue weighted by molar-refractivity contribution is 0.128. The van der Waals surface area contributed by atoms with Gasteiger partial charge in [0.2, 0.25) is 0 Å². The fourth-order valence-electron chi connectivity index (χ4n) is 2.92. The summed E-state index contributed by atoms with van der Waals surface area (Å²) in [4.78, 5) is 2.60. The molecule has 0 spiro atoms. The molecule has 1 saturated heterocycles. The van der Waals surface area contributed by atoms with Crippen LogP contribution in [0, 0.1) is 5.92 Å². The predicted octanol–water partition coefficient (Wildman–Crippen LogP) is 3.45. The van der Waals surface area contributed by atoms with Crippen LogP contribution in [0.4, 0.5) is 0 Å². The van der Waals surface area contributed by atoms with Crippen LogP contribution in [0.1, 0.15) is 31.9 Å². The lowest BCUT2D eigenvalue weighted by atomic mass is 9.90. The molecular formula is C16H25BrN2O. The van der Waals surface area contributed by atoms with Gasteiger partial charge in [0, 0.05) is 36.7 Å².